The number of nitrogens with zero attached hydrogens (tertiary/aromatic N) is 5. The fraction of sp³-hybridized carbons (Fsp3) is 0.474. The van der Waals surface area contributed by atoms with Gasteiger partial charge < -0.3 is 5.32 Å². The van der Waals surface area contributed by atoms with E-state index in [-0.39, 0.29) is 11.9 Å². The third kappa shape index (κ3) is 4.70. The standard InChI is InChI=1S/C19H26N6OS/c1-4-24(5-2)16(15-9-7-6-8-10-15)13-20-17(26)11-12-18-23-25-14(3)21-22-19(25)27-18/h6-10,16H,4-5,11-13H2,1-3H3,(H,20,26). The first-order valence-corrected chi connectivity index (χ1v) is 10.2. The van der Waals surface area contributed by atoms with Crippen LogP contribution in [0.4, 0.5) is 0 Å². The molecule has 144 valence electrons. The molecular weight excluding hydrogens is 360 g/mol. The van der Waals surface area contributed by atoms with Gasteiger partial charge in [0.25, 0.3) is 0 Å². The van der Waals surface area contributed by atoms with Gasteiger partial charge in [0.05, 0.1) is 6.04 Å². The molecule has 0 saturated carbocycles. The molecule has 0 aliphatic rings. The van der Waals surface area contributed by atoms with Gasteiger partial charge in [-0.3, -0.25) is 9.69 Å². The average molecular weight is 387 g/mol. The number of benzene rings is 1. The molecule has 0 fully saturated rings. The number of hydrogen-bond donors (Lipinski definition) is 1. The molecule has 3 aromatic rings. The summed E-state index contributed by atoms with van der Waals surface area (Å²) in [6.07, 6.45) is 1.03. The molecule has 2 heterocycles. The van der Waals surface area contributed by atoms with Crippen molar-refractivity contribution < 1.29 is 4.79 Å². The third-order valence-corrected chi connectivity index (χ3v) is 5.64. The summed E-state index contributed by atoms with van der Waals surface area (Å²) in [5.41, 5.74) is 1.23. The van der Waals surface area contributed by atoms with E-state index in [0.717, 1.165) is 28.9 Å². The summed E-state index contributed by atoms with van der Waals surface area (Å²) in [6.45, 7) is 8.66. The van der Waals surface area contributed by atoms with E-state index in [4.69, 9.17) is 0 Å². The Labute approximate surface area is 163 Å². The van der Waals surface area contributed by atoms with Crippen molar-refractivity contribution in [3.8, 4) is 0 Å². The summed E-state index contributed by atoms with van der Waals surface area (Å²) in [7, 11) is 0. The molecule has 0 aliphatic carbocycles. The second-order valence-electron chi connectivity index (χ2n) is 6.39. The van der Waals surface area contributed by atoms with Crippen LogP contribution in [0.1, 0.15) is 42.7 Å². The van der Waals surface area contributed by atoms with Gasteiger partial charge in [-0.2, -0.15) is 9.61 Å². The minimum absolute atomic E-state index is 0.0470. The van der Waals surface area contributed by atoms with Crippen molar-refractivity contribution in [3.05, 3.63) is 46.7 Å². The minimum Gasteiger partial charge on any atom is -0.354 e. The predicted octanol–water partition coefficient (Wildman–Crippen LogP) is 2.63. The second-order valence-corrected chi connectivity index (χ2v) is 7.43. The fourth-order valence-electron chi connectivity index (χ4n) is 3.17. The van der Waals surface area contributed by atoms with E-state index in [2.05, 4.69) is 51.5 Å². The Morgan fingerprint density at radius 1 is 1.22 bits per heavy atom. The Morgan fingerprint density at radius 2 is 1.96 bits per heavy atom. The number of fused-ring (bicyclic) bond motifs is 1. The predicted molar refractivity (Wildman–Crippen MR) is 107 cm³/mol. The highest BCUT2D eigenvalue weighted by atomic mass is 32.1. The summed E-state index contributed by atoms with van der Waals surface area (Å²) in [4.78, 5) is 15.5. The molecule has 0 aliphatic heterocycles. The fourth-order valence-corrected chi connectivity index (χ4v) is 4.05. The number of hydrogen-bond acceptors (Lipinski definition) is 6. The molecule has 0 radical (unpaired) electrons. The SMILES string of the molecule is CCN(CC)C(CNC(=O)CCc1nn2c(C)nnc2s1)c1ccccc1. The van der Waals surface area contributed by atoms with Gasteiger partial charge in [-0.05, 0) is 25.6 Å². The van der Waals surface area contributed by atoms with Gasteiger partial charge in [0.1, 0.15) is 5.01 Å². The van der Waals surface area contributed by atoms with Crippen molar-refractivity contribution >= 4 is 22.2 Å². The summed E-state index contributed by atoms with van der Waals surface area (Å²) in [5, 5.41) is 16.5. The van der Waals surface area contributed by atoms with Crippen LogP contribution in [0.2, 0.25) is 0 Å². The van der Waals surface area contributed by atoms with Crippen molar-refractivity contribution in [1.29, 1.82) is 0 Å². The van der Waals surface area contributed by atoms with E-state index in [9.17, 15) is 4.79 Å². The number of rotatable bonds is 9. The molecule has 0 saturated heterocycles. The maximum atomic E-state index is 12.4. The molecular formula is C19H26N6OS. The highest BCUT2D eigenvalue weighted by molar-refractivity contribution is 7.16. The molecule has 1 N–H and O–H groups in total. The largest absolute Gasteiger partial charge is 0.354 e. The van der Waals surface area contributed by atoms with Crippen molar-refractivity contribution in [2.75, 3.05) is 19.6 Å². The Bertz CT molecular complexity index is 871. The number of aryl methyl sites for hydroxylation is 2. The van der Waals surface area contributed by atoms with Crippen LogP contribution in [0.25, 0.3) is 4.96 Å². The Morgan fingerprint density at radius 3 is 2.63 bits per heavy atom. The van der Waals surface area contributed by atoms with Gasteiger partial charge in [-0.15, -0.1) is 10.2 Å². The van der Waals surface area contributed by atoms with Gasteiger partial charge >= 0.3 is 0 Å². The lowest BCUT2D eigenvalue weighted by molar-refractivity contribution is -0.121. The lowest BCUT2D eigenvalue weighted by atomic mass is 10.0. The number of carbonyl (C=O) groups excluding carboxylic acids is 1. The van der Waals surface area contributed by atoms with Crippen molar-refractivity contribution in [1.82, 2.24) is 30.0 Å². The zero-order chi connectivity index (χ0) is 19.2. The number of amides is 1. The topological polar surface area (TPSA) is 75.4 Å². The van der Waals surface area contributed by atoms with Gasteiger partial charge in [0, 0.05) is 19.4 Å². The second kappa shape index (κ2) is 9.05. The molecule has 1 atom stereocenters. The molecule has 0 spiro atoms. The zero-order valence-electron chi connectivity index (χ0n) is 16.1. The first kappa shape index (κ1) is 19.4. The maximum Gasteiger partial charge on any atom is 0.234 e. The lowest BCUT2D eigenvalue weighted by Crippen LogP contribution is -2.38. The Balaban J connectivity index is 1.56. The molecule has 7 nitrogen and oxygen atoms in total. The molecule has 2 aromatic heterocycles. The Kier molecular flexibility index (Phi) is 6.52. The van der Waals surface area contributed by atoms with Crippen LogP contribution >= 0.6 is 11.3 Å². The van der Waals surface area contributed by atoms with Gasteiger partial charge in [-0.1, -0.05) is 55.5 Å². The molecule has 0 bridgehead atoms. The summed E-state index contributed by atoms with van der Waals surface area (Å²) >= 11 is 1.48. The number of likely N-dealkylation sites (N-methyl/N-ethyl adjacent to an activating group) is 1. The van der Waals surface area contributed by atoms with Crippen molar-refractivity contribution in [2.45, 2.75) is 39.7 Å². The van der Waals surface area contributed by atoms with Gasteiger partial charge in [-0.25, -0.2) is 0 Å². The molecule has 8 heteroatoms. The smallest absolute Gasteiger partial charge is 0.234 e. The van der Waals surface area contributed by atoms with Crippen LogP contribution < -0.4 is 5.32 Å². The highest BCUT2D eigenvalue weighted by Gasteiger charge is 2.19. The van der Waals surface area contributed by atoms with Crippen LogP contribution in [0.15, 0.2) is 30.3 Å². The first-order valence-electron chi connectivity index (χ1n) is 9.35. The minimum atomic E-state index is 0.0470. The number of aromatic nitrogens is 4. The molecule has 3 rings (SSSR count). The van der Waals surface area contributed by atoms with E-state index in [1.807, 2.05) is 25.1 Å². The monoisotopic (exact) mass is 386 g/mol. The van der Waals surface area contributed by atoms with E-state index in [1.165, 1.54) is 16.9 Å². The normalized spacial score (nSPS) is 12.6. The summed E-state index contributed by atoms with van der Waals surface area (Å²) in [5.74, 6) is 0.813. The third-order valence-electron chi connectivity index (χ3n) is 4.68. The Hall–Kier alpha value is -2.32. The van der Waals surface area contributed by atoms with Crippen LogP contribution in [-0.2, 0) is 11.2 Å². The van der Waals surface area contributed by atoms with Crippen LogP contribution in [0, 0.1) is 6.92 Å². The summed E-state index contributed by atoms with van der Waals surface area (Å²) < 4.78 is 1.73. The molecule has 1 aromatic carbocycles. The van der Waals surface area contributed by atoms with E-state index >= 15 is 0 Å². The van der Waals surface area contributed by atoms with Crippen LogP contribution in [-0.4, -0.2) is 50.3 Å². The molecule has 1 amide bonds. The quantitative estimate of drug-likeness (QED) is 0.612. The van der Waals surface area contributed by atoms with E-state index in [0.29, 0.717) is 19.4 Å². The first-order chi connectivity index (χ1) is 13.1. The molecule has 1 unspecified atom stereocenters. The number of carbonyl (C=O) groups is 1. The average Bonchev–Trinajstić information content (AvgIpc) is 3.25. The van der Waals surface area contributed by atoms with E-state index < -0.39 is 0 Å². The van der Waals surface area contributed by atoms with Crippen LogP contribution in [0.3, 0.4) is 0 Å². The van der Waals surface area contributed by atoms with Crippen molar-refractivity contribution in [3.63, 3.8) is 0 Å². The summed E-state index contributed by atoms with van der Waals surface area (Å²) in [6, 6.07) is 10.5. The zero-order valence-corrected chi connectivity index (χ0v) is 16.9. The maximum absolute atomic E-state index is 12.4. The van der Waals surface area contributed by atoms with Gasteiger partial charge in [0.15, 0.2) is 5.82 Å². The van der Waals surface area contributed by atoms with E-state index in [1.54, 1.807) is 4.52 Å². The van der Waals surface area contributed by atoms with Gasteiger partial charge in [0.2, 0.25) is 10.9 Å². The van der Waals surface area contributed by atoms with Crippen molar-refractivity contribution in [2.24, 2.45) is 0 Å². The van der Waals surface area contributed by atoms with Crippen LogP contribution in [0.5, 0.6) is 0 Å². The lowest BCUT2D eigenvalue weighted by Gasteiger charge is -2.30. The molecule has 27 heavy (non-hydrogen) atoms. The number of nitrogens with one attached hydrogen (secondary N) is 1. The highest BCUT2D eigenvalue weighted by Crippen LogP contribution is 2.20.